The fourth-order valence-corrected chi connectivity index (χ4v) is 2.22. The van der Waals surface area contributed by atoms with Crippen molar-refractivity contribution < 1.29 is 19.4 Å². The molecule has 1 fully saturated rings. The number of hydrogen-bond donors (Lipinski definition) is 2. The SMILES string of the molecule is O=C(O)[C@H]1C[C@H]1C(=O)Nc1ccc(Oc2ccccc2)cc1. The highest BCUT2D eigenvalue weighted by atomic mass is 16.5. The summed E-state index contributed by atoms with van der Waals surface area (Å²) >= 11 is 0. The molecule has 0 aliphatic heterocycles. The highest BCUT2D eigenvalue weighted by molar-refractivity contribution is 5.98. The molecule has 1 saturated carbocycles. The third-order valence-electron chi connectivity index (χ3n) is 3.55. The molecule has 2 atom stereocenters. The standard InChI is InChI=1S/C17H15NO4/c19-16(14-10-15(14)17(20)21)18-11-6-8-13(9-7-11)22-12-4-2-1-3-5-12/h1-9,14-15H,10H2,(H,18,19)(H,20,21)/t14-,15+/m1/s1. The predicted molar refractivity (Wildman–Crippen MR) is 80.8 cm³/mol. The van der Waals surface area contributed by atoms with Gasteiger partial charge in [-0.15, -0.1) is 0 Å². The Morgan fingerprint density at radius 3 is 2.18 bits per heavy atom. The number of hydrogen-bond acceptors (Lipinski definition) is 3. The molecule has 0 aromatic heterocycles. The maximum Gasteiger partial charge on any atom is 0.307 e. The lowest BCUT2D eigenvalue weighted by Gasteiger charge is -2.07. The van der Waals surface area contributed by atoms with Crippen LogP contribution in [0.5, 0.6) is 11.5 Å². The van der Waals surface area contributed by atoms with Crippen LogP contribution < -0.4 is 10.1 Å². The van der Waals surface area contributed by atoms with Gasteiger partial charge in [0.15, 0.2) is 0 Å². The van der Waals surface area contributed by atoms with E-state index in [0.29, 0.717) is 17.9 Å². The Morgan fingerprint density at radius 1 is 0.955 bits per heavy atom. The molecule has 0 unspecified atom stereocenters. The van der Waals surface area contributed by atoms with E-state index >= 15 is 0 Å². The number of carboxylic acid groups (broad SMARTS) is 1. The summed E-state index contributed by atoms with van der Waals surface area (Å²) in [6.07, 6.45) is 0.413. The van der Waals surface area contributed by atoms with Gasteiger partial charge in [-0.25, -0.2) is 0 Å². The summed E-state index contributed by atoms with van der Waals surface area (Å²) in [5, 5.41) is 11.5. The largest absolute Gasteiger partial charge is 0.481 e. The van der Waals surface area contributed by atoms with Crippen molar-refractivity contribution in [3.8, 4) is 11.5 Å². The number of amides is 1. The van der Waals surface area contributed by atoms with Gasteiger partial charge in [0.25, 0.3) is 0 Å². The fourth-order valence-electron chi connectivity index (χ4n) is 2.22. The first kappa shape index (κ1) is 14.1. The van der Waals surface area contributed by atoms with Gasteiger partial charge in [0, 0.05) is 5.69 Å². The van der Waals surface area contributed by atoms with Gasteiger partial charge in [0.2, 0.25) is 5.91 Å². The molecule has 2 aromatic rings. The third-order valence-corrected chi connectivity index (χ3v) is 3.55. The number of benzene rings is 2. The summed E-state index contributed by atoms with van der Waals surface area (Å²) < 4.78 is 5.66. The molecule has 5 nitrogen and oxygen atoms in total. The molecular formula is C17H15NO4. The first-order chi connectivity index (χ1) is 10.6. The van der Waals surface area contributed by atoms with E-state index in [2.05, 4.69) is 5.32 Å². The van der Waals surface area contributed by atoms with Crippen LogP contribution in [0.1, 0.15) is 6.42 Å². The summed E-state index contributed by atoms with van der Waals surface area (Å²) in [7, 11) is 0. The van der Waals surface area contributed by atoms with E-state index in [-0.39, 0.29) is 5.91 Å². The van der Waals surface area contributed by atoms with E-state index in [1.165, 1.54) is 0 Å². The van der Waals surface area contributed by atoms with Gasteiger partial charge >= 0.3 is 5.97 Å². The zero-order valence-electron chi connectivity index (χ0n) is 11.7. The van der Waals surface area contributed by atoms with Crippen molar-refractivity contribution in [1.29, 1.82) is 0 Å². The minimum Gasteiger partial charge on any atom is -0.481 e. The molecule has 5 heteroatoms. The second-order valence-corrected chi connectivity index (χ2v) is 5.22. The Labute approximate surface area is 127 Å². The second kappa shape index (κ2) is 5.89. The number of para-hydroxylation sites is 1. The van der Waals surface area contributed by atoms with Crippen molar-refractivity contribution in [3.63, 3.8) is 0 Å². The fraction of sp³-hybridized carbons (Fsp3) is 0.176. The zero-order chi connectivity index (χ0) is 15.5. The molecule has 22 heavy (non-hydrogen) atoms. The molecule has 1 aliphatic carbocycles. The van der Waals surface area contributed by atoms with E-state index in [9.17, 15) is 9.59 Å². The highest BCUT2D eigenvalue weighted by Gasteiger charge is 2.48. The van der Waals surface area contributed by atoms with Crippen molar-refractivity contribution in [1.82, 2.24) is 0 Å². The molecule has 1 amide bonds. The molecule has 112 valence electrons. The van der Waals surface area contributed by atoms with Crippen molar-refractivity contribution >= 4 is 17.6 Å². The first-order valence-corrected chi connectivity index (χ1v) is 7.00. The summed E-state index contributed by atoms with van der Waals surface area (Å²) in [6, 6.07) is 16.4. The van der Waals surface area contributed by atoms with Gasteiger partial charge in [0.1, 0.15) is 11.5 Å². The minimum atomic E-state index is -0.910. The van der Waals surface area contributed by atoms with Crippen molar-refractivity contribution in [2.45, 2.75) is 6.42 Å². The second-order valence-electron chi connectivity index (χ2n) is 5.22. The maximum atomic E-state index is 11.9. The van der Waals surface area contributed by atoms with Gasteiger partial charge in [-0.05, 0) is 42.8 Å². The molecule has 0 bridgehead atoms. The number of aliphatic carboxylic acids is 1. The number of ether oxygens (including phenoxy) is 1. The lowest BCUT2D eigenvalue weighted by Crippen LogP contribution is -2.16. The van der Waals surface area contributed by atoms with Crippen LogP contribution in [0.2, 0.25) is 0 Å². The van der Waals surface area contributed by atoms with Gasteiger partial charge in [-0.2, -0.15) is 0 Å². The topological polar surface area (TPSA) is 75.6 Å². The van der Waals surface area contributed by atoms with E-state index in [0.717, 1.165) is 5.75 Å². The van der Waals surface area contributed by atoms with Crippen molar-refractivity contribution in [3.05, 3.63) is 54.6 Å². The average molecular weight is 297 g/mol. The van der Waals surface area contributed by atoms with Gasteiger partial charge in [0.05, 0.1) is 11.8 Å². The van der Waals surface area contributed by atoms with Gasteiger partial charge in [-0.3, -0.25) is 9.59 Å². The molecule has 1 aliphatic rings. The van der Waals surface area contributed by atoms with Crippen LogP contribution >= 0.6 is 0 Å². The van der Waals surface area contributed by atoms with E-state index < -0.39 is 17.8 Å². The van der Waals surface area contributed by atoms with E-state index in [1.54, 1.807) is 24.3 Å². The third kappa shape index (κ3) is 3.25. The molecule has 2 N–H and O–H groups in total. The molecular weight excluding hydrogens is 282 g/mol. The Balaban J connectivity index is 1.58. The molecule has 0 radical (unpaired) electrons. The number of carbonyl (C=O) groups is 2. The molecule has 0 saturated heterocycles. The summed E-state index contributed by atoms with van der Waals surface area (Å²) in [4.78, 5) is 22.6. The van der Waals surface area contributed by atoms with E-state index in [1.807, 2.05) is 30.3 Å². The molecule has 2 aromatic carbocycles. The van der Waals surface area contributed by atoms with Crippen LogP contribution in [0.25, 0.3) is 0 Å². The Bertz CT molecular complexity index is 682. The van der Waals surface area contributed by atoms with Crippen LogP contribution in [-0.4, -0.2) is 17.0 Å². The summed E-state index contributed by atoms with van der Waals surface area (Å²) in [5.74, 6) is -0.713. The van der Waals surface area contributed by atoms with Crippen LogP contribution in [0.15, 0.2) is 54.6 Å². The quantitative estimate of drug-likeness (QED) is 0.889. The summed E-state index contributed by atoms with van der Waals surface area (Å²) in [6.45, 7) is 0. The monoisotopic (exact) mass is 297 g/mol. The number of rotatable bonds is 5. The predicted octanol–water partition coefficient (Wildman–Crippen LogP) is 3.14. The molecule has 0 heterocycles. The lowest BCUT2D eigenvalue weighted by molar-refractivity contribution is -0.139. The minimum absolute atomic E-state index is 0.246. The average Bonchev–Trinajstić information content (AvgIpc) is 3.31. The van der Waals surface area contributed by atoms with Crippen LogP contribution in [0.3, 0.4) is 0 Å². The van der Waals surface area contributed by atoms with Crippen molar-refractivity contribution in [2.24, 2.45) is 11.8 Å². The number of carbonyl (C=O) groups excluding carboxylic acids is 1. The Hall–Kier alpha value is -2.82. The van der Waals surface area contributed by atoms with Crippen molar-refractivity contribution in [2.75, 3.05) is 5.32 Å². The highest BCUT2D eigenvalue weighted by Crippen LogP contribution is 2.39. The number of carboxylic acids is 1. The summed E-state index contributed by atoms with van der Waals surface area (Å²) in [5.41, 5.74) is 0.626. The van der Waals surface area contributed by atoms with E-state index in [4.69, 9.17) is 9.84 Å². The van der Waals surface area contributed by atoms with Crippen LogP contribution in [-0.2, 0) is 9.59 Å². The van der Waals surface area contributed by atoms with Gasteiger partial charge in [-0.1, -0.05) is 18.2 Å². The van der Waals surface area contributed by atoms with Gasteiger partial charge < -0.3 is 15.2 Å². The number of anilines is 1. The Kier molecular flexibility index (Phi) is 3.78. The zero-order valence-corrected chi connectivity index (χ0v) is 11.7. The normalized spacial score (nSPS) is 19.3. The molecule has 0 spiro atoms. The first-order valence-electron chi connectivity index (χ1n) is 7.00. The maximum absolute atomic E-state index is 11.9. The Morgan fingerprint density at radius 2 is 1.59 bits per heavy atom. The van der Waals surface area contributed by atoms with Crippen LogP contribution in [0, 0.1) is 11.8 Å². The number of nitrogens with one attached hydrogen (secondary N) is 1. The van der Waals surface area contributed by atoms with Crippen LogP contribution in [0.4, 0.5) is 5.69 Å². The molecule has 3 rings (SSSR count). The smallest absolute Gasteiger partial charge is 0.307 e. The lowest BCUT2D eigenvalue weighted by atomic mass is 10.2.